The molecule has 0 radical (unpaired) electrons. The van der Waals surface area contributed by atoms with Crippen LogP contribution in [0.5, 0.6) is 0 Å². The van der Waals surface area contributed by atoms with Crippen LogP contribution in [0.2, 0.25) is 0 Å². The minimum Gasteiger partial charge on any atom is -0.286 e. The van der Waals surface area contributed by atoms with Gasteiger partial charge in [-0.3, -0.25) is 4.55 Å². The van der Waals surface area contributed by atoms with Gasteiger partial charge in [0.15, 0.2) is 6.17 Å². The Morgan fingerprint density at radius 1 is 1.00 bits per heavy atom. The molecule has 0 aliphatic rings. The van der Waals surface area contributed by atoms with Crippen LogP contribution in [0.25, 0.3) is 0 Å². The standard InChI is InChI=1S/C9H13F7O3S/c10-6(7(11)8(12)13)3-1-2-5(9(14,15)16)4-20(17,18)19/h5-8H,1-4H2,(H,17,18,19). The van der Waals surface area contributed by atoms with E-state index in [4.69, 9.17) is 4.55 Å². The molecule has 0 heterocycles. The van der Waals surface area contributed by atoms with Crippen molar-refractivity contribution in [3.05, 3.63) is 0 Å². The monoisotopic (exact) mass is 334 g/mol. The lowest BCUT2D eigenvalue weighted by Gasteiger charge is -2.19. The van der Waals surface area contributed by atoms with Gasteiger partial charge in [-0.1, -0.05) is 0 Å². The van der Waals surface area contributed by atoms with Crippen molar-refractivity contribution in [2.45, 2.75) is 44.2 Å². The molecule has 0 bridgehead atoms. The summed E-state index contributed by atoms with van der Waals surface area (Å²) in [5.41, 5.74) is 0. The van der Waals surface area contributed by atoms with E-state index in [1.807, 2.05) is 0 Å². The molecule has 3 unspecified atom stereocenters. The second kappa shape index (κ2) is 7.43. The molecule has 0 amide bonds. The van der Waals surface area contributed by atoms with E-state index in [9.17, 15) is 39.2 Å². The molecule has 0 aromatic rings. The third-order valence-electron chi connectivity index (χ3n) is 2.49. The molecule has 0 saturated heterocycles. The summed E-state index contributed by atoms with van der Waals surface area (Å²) in [4.78, 5) is 0. The predicted octanol–water partition coefficient (Wildman–Crippen LogP) is 3.16. The zero-order chi connectivity index (χ0) is 16.1. The molecule has 0 spiro atoms. The van der Waals surface area contributed by atoms with Gasteiger partial charge >= 0.3 is 6.18 Å². The summed E-state index contributed by atoms with van der Waals surface area (Å²) in [5.74, 6) is -4.07. The SMILES string of the molecule is O=S(=O)(O)CC(CCCC(F)C(F)C(F)F)C(F)(F)F. The van der Waals surface area contributed by atoms with Crippen molar-refractivity contribution >= 4 is 10.1 Å². The average Bonchev–Trinajstić information content (AvgIpc) is 2.23. The normalized spacial score (nSPS) is 18.1. The molecule has 0 saturated carbocycles. The summed E-state index contributed by atoms with van der Waals surface area (Å²) >= 11 is 0. The first kappa shape index (κ1) is 19.4. The molecule has 3 nitrogen and oxygen atoms in total. The fourth-order valence-corrected chi connectivity index (χ4v) is 2.34. The van der Waals surface area contributed by atoms with Gasteiger partial charge in [0.25, 0.3) is 16.5 Å². The Balaban J connectivity index is 4.43. The van der Waals surface area contributed by atoms with Crippen molar-refractivity contribution in [1.82, 2.24) is 0 Å². The van der Waals surface area contributed by atoms with Crippen LogP contribution in [0, 0.1) is 5.92 Å². The van der Waals surface area contributed by atoms with Crippen LogP contribution >= 0.6 is 0 Å². The van der Waals surface area contributed by atoms with E-state index in [0.717, 1.165) is 0 Å². The van der Waals surface area contributed by atoms with E-state index in [-0.39, 0.29) is 0 Å². The average molecular weight is 334 g/mol. The number of alkyl halides is 7. The van der Waals surface area contributed by atoms with Crippen molar-refractivity contribution in [3.8, 4) is 0 Å². The van der Waals surface area contributed by atoms with Crippen LogP contribution in [-0.4, -0.2) is 43.7 Å². The van der Waals surface area contributed by atoms with Gasteiger partial charge in [-0.25, -0.2) is 17.6 Å². The third-order valence-corrected chi connectivity index (χ3v) is 3.32. The number of hydrogen-bond acceptors (Lipinski definition) is 2. The maximum atomic E-state index is 12.8. The molecule has 0 rings (SSSR count). The molecular weight excluding hydrogens is 321 g/mol. The Morgan fingerprint density at radius 2 is 1.50 bits per heavy atom. The van der Waals surface area contributed by atoms with E-state index < -0.39 is 66.0 Å². The maximum absolute atomic E-state index is 12.8. The van der Waals surface area contributed by atoms with Gasteiger partial charge in [-0.2, -0.15) is 21.6 Å². The number of rotatable bonds is 8. The van der Waals surface area contributed by atoms with Crippen LogP contribution in [0.3, 0.4) is 0 Å². The Morgan fingerprint density at radius 3 is 1.85 bits per heavy atom. The number of halogens is 7. The molecule has 0 aliphatic heterocycles. The molecular formula is C9H13F7O3S. The molecule has 1 N–H and O–H groups in total. The summed E-state index contributed by atoms with van der Waals surface area (Å²) in [6.07, 6.45) is -16.7. The second-order valence-electron chi connectivity index (χ2n) is 4.21. The van der Waals surface area contributed by atoms with E-state index in [1.54, 1.807) is 0 Å². The highest BCUT2D eigenvalue weighted by molar-refractivity contribution is 7.85. The van der Waals surface area contributed by atoms with Crippen molar-refractivity contribution in [2.24, 2.45) is 5.92 Å². The molecule has 20 heavy (non-hydrogen) atoms. The smallest absolute Gasteiger partial charge is 0.286 e. The van der Waals surface area contributed by atoms with Gasteiger partial charge in [0, 0.05) is 0 Å². The minimum atomic E-state index is -4.96. The lowest BCUT2D eigenvalue weighted by Crippen LogP contribution is -2.30. The predicted molar refractivity (Wildman–Crippen MR) is 55.6 cm³/mol. The lowest BCUT2D eigenvalue weighted by atomic mass is 10.0. The van der Waals surface area contributed by atoms with Crippen LogP contribution in [-0.2, 0) is 10.1 Å². The van der Waals surface area contributed by atoms with E-state index >= 15 is 0 Å². The molecule has 3 atom stereocenters. The number of hydrogen-bond donors (Lipinski definition) is 1. The van der Waals surface area contributed by atoms with Gasteiger partial charge in [-0.15, -0.1) is 0 Å². The fourth-order valence-electron chi connectivity index (χ4n) is 1.47. The van der Waals surface area contributed by atoms with Gasteiger partial charge in [0.1, 0.15) is 6.17 Å². The lowest BCUT2D eigenvalue weighted by molar-refractivity contribution is -0.170. The Hall–Kier alpha value is -0.580. The first-order chi connectivity index (χ1) is 8.84. The topological polar surface area (TPSA) is 54.4 Å². The van der Waals surface area contributed by atoms with Crippen molar-refractivity contribution in [1.29, 1.82) is 0 Å². The molecule has 0 aromatic carbocycles. The Bertz CT molecular complexity index is 381. The Labute approximate surface area is 110 Å². The largest absolute Gasteiger partial charge is 0.392 e. The van der Waals surface area contributed by atoms with Crippen molar-refractivity contribution < 1.29 is 43.7 Å². The first-order valence-electron chi connectivity index (χ1n) is 5.42. The molecule has 122 valence electrons. The highest BCUT2D eigenvalue weighted by Crippen LogP contribution is 2.32. The fraction of sp³-hybridized carbons (Fsp3) is 1.00. The van der Waals surface area contributed by atoms with Crippen LogP contribution < -0.4 is 0 Å². The van der Waals surface area contributed by atoms with Gasteiger partial charge in [0.2, 0.25) is 0 Å². The summed E-state index contributed by atoms with van der Waals surface area (Å²) in [6, 6.07) is 0. The zero-order valence-electron chi connectivity index (χ0n) is 9.96. The van der Waals surface area contributed by atoms with Crippen LogP contribution in [0.1, 0.15) is 19.3 Å². The second-order valence-corrected chi connectivity index (χ2v) is 5.71. The van der Waals surface area contributed by atoms with Crippen molar-refractivity contribution in [3.63, 3.8) is 0 Å². The van der Waals surface area contributed by atoms with E-state index in [0.29, 0.717) is 0 Å². The maximum Gasteiger partial charge on any atom is 0.392 e. The Kier molecular flexibility index (Phi) is 7.22. The third kappa shape index (κ3) is 7.88. The highest BCUT2D eigenvalue weighted by Gasteiger charge is 2.41. The quantitative estimate of drug-likeness (QED) is 0.548. The summed E-state index contributed by atoms with van der Waals surface area (Å²) < 4.78 is 115. The van der Waals surface area contributed by atoms with Crippen molar-refractivity contribution in [2.75, 3.05) is 5.75 Å². The molecule has 11 heteroatoms. The first-order valence-corrected chi connectivity index (χ1v) is 7.03. The highest BCUT2D eigenvalue weighted by atomic mass is 32.2. The van der Waals surface area contributed by atoms with Gasteiger partial charge in [0.05, 0.1) is 11.7 Å². The summed E-state index contributed by atoms with van der Waals surface area (Å²) in [6.45, 7) is 0. The molecule has 0 aliphatic carbocycles. The summed E-state index contributed by atoms with van der Waals surface area (Å²) in [7, 11) is -4.89. The zero-order valence-corrected chi connectivity index (χ0v) is 10.8. The van der Waals surface area contributed by atoms with E-state index in [2.05, 4.69) is 0 Å². The minimum absolute atomic E-state index is 0.645. The molecule has 0 fully saturated rings. The van der Waals surface area contributed by atoms with Crippen LogP contribution in [0.15, 0.2) is 0 Å². The van der Waals surface area contributed by atoms with Gasteiger partial charge < -0.3 is 0 Å². The summed E-state index contributed by atoms with van der Waals surface area (Å²) in [5, 5.41) is 0. The van der Waals surface area contributed by atoms with E-state index in [1.165, 1.54) is 0 Å². The van der Waals surface area contributed by atoms with Gasteiger partial charge in [-0.05, 0) is 19.3 Å². The molecule has 0 aromatic heterocycles. The van der Waals surface area contributed by atoms with Crippen LogP contribution in [0.4, 0.5) is 30.7 Å².